The fourth-order valence-electron chi connectivity index (χ4n) is 4.01. The van der Waals surface area contributed by atoms with Gasteiger partial charge < -0.3 is 43.0 Å². The predicted octanol–water partition coefficient (Wildman–Crippen LogP) is 0.0735. The van der Waals surface area contributed by atoms with Gasteiger partial charge in [0.15, 0.2) is 5.60 Å². The molecule has 12 heteroatoms. The maximum Gasteiger partial charge on any atom is 0.347 e. The van der Waals surface area contributed by atoms with E-state index in [0.717, 1.165) is 7.11 Å². The molecule has 1 aliphatic carbocycles. The first-order valence-corrected chi connectivity index (χ1v) is 10.7. The van der Waals surface area contributed by atoms with Gasteiger partial charge in [-0.15, -0.1) is 0 Å². The van der Waals surface area contributed by atoms with Crippen LogP contribution in [0.5, 0.6) is 0 Å². The Balaban J connectivity index is 2.46. The molecule has 2 aliphatic rings. The summed E-state index contributed by atoms with van der Waals surface area (Å²) in [6, 6.07) is 0. The number of rotatable bonds is 9. The van der Waals surface area contributed by atoms with E-state index in [2.05, 4.69) is 0 Å². The van der Waals surface area contributed by atoms with Gasteiger partial charge in [-0.1, -0.05) is 0 Å². The maximum atomic E-state index is 12.5. The first kappa shape index (κ1) is 27.4. The van der Waals surface area contributed by atoms with Crippen molar-refractivity contribution in [1.82, 2.24) is 0 Å². The van der Waals surface area contributed by atoms with Crippen molar-refractivity contribution >= 4 is 17.9 Å². The van der Waals surface area contributed by atoms with E-state index in [1.165, 1.54) is 14.2 Å². The summed E-state index contributed by atoms with van der Waals surface area (Å²) in [5.41, 5.74) is -2.05. The van der Waals surface area contributed by atoms with Gasteiger partial charge in [-0.2, -0.15) is 0 Å². The second-order valence-electron chi connectivity index (χ2n) is 8.03. The number of carbonyl (C=O) groups is 3. The molecule has 0 spiro atoms. The van der Waals surface area contributed by atoms with Crippen molar-refractivity contribution in [1.29, 1.82) is 0 Å². The molecule has 0 aromatic rings. The van der Waals surface area contributed by atoms with Crippen molar-refractivity contribution in [2.24, 2.45) is 0 Å². The molecule has 6 atom stereocenters. The van der Waals surface area contributed by atoms with Gasteiger partial charge in [0.2, 0.25) is 11.6 Å². The van der Waals surface area contributed by atoms with Gasteiger partial charge in [-0.3, -0.25) is 0 Å². The second-order valence-corrected chi connectivity index (χ2v) is 8.03. The largest absolute Gasteiger partial charge is 0.467 e. The van der Waals surface area contributed by atoms with Crippen molar-refractivity contribution in [3.63, 3.8) is 0 Å². The molecule has 0 radical (unpaired) electrons. The van der Waals surface area contributed by atoms with Crippen LogP contribution in [0.15, 0.2) is 0 Å². The topological polar surface area (TPSA) is 145 Å². The van der Waals surface area contributed by atoms with Gasteiger partial charge in [0.1, 0.15) is 6.10 Å². The third-order valence-corrected chi connectivity index (χ3v) is 6.03. The van der Waals surface area contributed by atoms with E-state index in [9.17, 15) is 19.5 Å². The Morgan fingerprint density at radius 1 is 0.939 bits per heavy atom. The minimum atomic E-state index is -2.05. The van der Waals surface area contributed by atoms with Crippen LogP contribution in [-0.4, -0.2) is 99.1 Å². The number of methoxy groups -OCH3 is 3. The molecule has 33 heavy (non-hydrogen) atoms. The third kappa shape index (κ3) is 5.31. The molecule has 1 aliphatic heterocycles. The second kappa shape index (κ2) is 10.6. The Morgan fingerprint density at radius 3 is 1.91 bits per heavy atom. The van der Waals surface area contributed by atoms with Gasteiger partial charge in [0.05, 0.1) is 32.5 Å². The number of hydrogen-bond acceptors (Lipinski definition) is 12. The normalized spacial score (nSPS) is 36.1. The molecule has 0 amide bonds. The molecule has 12 nitrogen and oxygen atoms in total. The zero-order valence-corrected chi connectivity index (χ0v) is 20.1. The smallest absolute Gasteiger partial charge is 0.347 e. The summed E-state index contributed by atoms with van der Waals surface area (Å²) in [5, 5.41) is 11.1. The lowest BCUT2D eigenvalue weighted by Gasteiger charge is -2.56. The number of fused-ring (bicyclic) bond motifs is 1. The molecule has 0 unspecified atom stereocenters. The van der Waals surface area contributed by atoms with Crippen LogP contribution in [0.1, 0.15) is 40.5 Å². The maximum absolute atomic E-state index is 12.5. The summed E-state index contributed by atoms with van der Waals surface area (Å²) in [6.45, 7) is 6.29. The van der Waals surface area contributed by atoms with Gasteiger partial charge in [0, 0.05) is 27.1 Å². The van der Waals surface area contributed by atoms with E-state index >= 15 is 0 Å². The van der Waals surface area contributed by atoms with Gasteiger partial charge in [-0.05, 0) is 27.7 Å². The number of hydrogen-bond donors (Lipinski definition) is 1. The lowest BCUT2D eigenvalue weighted by atomic mass is 9.78. The number of aliphatic hydroxyl groups is 1. The van der Waals surface area contributed by atoms with E-state index in [1.54, 1.807) is 27.7 Å². The van der Waals surface area contributed by atoms with Crippen molar-refractivity contribution in [3.8, 4) is 0 Å². The van der Waals surface area contributed by atoms with E-state index in [-0.39, 0.29) is 26.1 Å². The standard InChI is InChI=1S/C21H34O12/c1-8-29-16(22)15(17(23)30-9-2)31-12-10-21(25,18(24)26-5)11-13-14(12)33-20(4,28-7)19(3,27-6)32-13/h12-15,25H,8-11H2,1-7H3/t12-,13+,14+,19-,20-,21-/m0/s1. The van der Waals surface area contributed by atoms with E-state index < -0.39 is 59.5 Å². The fourth-order valence-corrected chi connectivity index (χ4v) is 4.01. The first-order chi connectivity index (χ1) is 15.4. The van der Waals surface area contributed by atoms with Gasteiger partial charge in [-0.25, -0.2) is 14.4 Å². The van der Waals surface area contributed by atoms with Crippen molar-refractivity contribution in [3.05, 3.63) is 0 Å². The predicted molar refractivity (Wildman–Crippen MR) is 109 cm³/mol. The van der Waals surface area contributed by atoms with Crippen LogP contribution in [0, 0.1) is 0 Å². The molecule has 1 N–H and O–H groups in total. The summed E-state index contributed by atoms with van der Waals surface area (Å²) in [5.74, 6) is -5.75. The van der Waals surface area contributed by atoms with E-state index in [1.807, 2.05) is 0 Å². The Hall–Kier alpha value is -1.83. The van der Waals surface area contributed by atoms with Crippen molar-refractivity contribution < 1.29 is 57.4 Å². The average molecular weight is 478 g/mol. The quantitative estimate of drug-likeness (QED) is 0.272. The van der Waals surface area contributed by atoms with Gasteiger partial charge in [0.25, 0.3) is 6.10 Å². The van der Waals surface area contributed by atoms with Crippen molar-refractivity contribution in [2.45, 2.75) is 82.1 Å². The zero-order valence-electron chi connectivity index (χ0n) is 20.1. The monoisotopic (exact) mass is 478 g/mol. The molecule has 1 heterocycles. The highest BCUT2D eigenvalue weighted by atomic mass is 16.8. The zero-order chi connectivity index (χ0) is 25.0. The Labute approximate surface area is 192 Å². The highest BCUT2D eigenvalue weighted by Crippen LogP contribution is 2.46. The number of carbonyl (C=O) groups excluding carboxylic acids is 3. The van der Waals surface area contributed by atoms with Crippen LogP contribution >= 0.6 is 0 Å². The van der Waals surface area contributed by atoms with E-state index in [4.69, 9.17) is 37.9 Å². The highest BCUT2D eigenvalue weighted by molar-refractivity contribution is 5.98. The molecular weight excluding hydrogens is 444 g/mol. The summed E-state index contributed by atoms with van der Waals surface area (Å²) in [4.78, 5) is 37.3. The fraction of sp³-hybridized carbons (Fsp3) is 0.857. The molecular formula is C21H34O12. The summed E-state index contributed by atoms with van der Waals surface area (Å²) in [6.07, 6.45) is -5.46. The molecule has 0 aromatic heterocycles. The van der Waals surface area contributed by atoms with Crippen LogP contribution in [0.25, 0.3) is 0 Å². The Kier molecular flexibility index (Phi) is 8.82. The third-order valence-electron chi connectivity index (χ3n) is 6.03. The Bertz CT molecular complexity index is 710. The lowest BCUT2D eigenvalue weighted by Crippen LogP contribution is -2.71. The van der Waals surface area contributed by atoms with E-state index in [0.29, 0.717) is 0 Å². The van der Waals surface area contributed by atoms with Crippen LogP contribution < -0.4 is 0 Å². The number of ether oxygens (including phenoxy) is 8. The number of esters is 3. The minimum Gasteiger partial charge on any atom is -0.467 e. The molecule has 0 aromatic carbocycles. The molecule has 1 saturated carbocycles. The SMILES string of the molecule is CCOC(=O)C(O[C@H]1C[C@@](O)(C(=O)OC)C[C@H]2O[C@](C)(OC)[C@@](C)(OC)O[C@H]12)C(=O)OCC. The molecule has 2 rings (SSSR count). The van der Waals surface area contributed by atoms with Crippen LogP contribution in [0.3, 0.4) is 0 Å². The molecule has 190 valence electrons. The minimum absolute atomic E-state index is 0.00549. The van der Waals surface area contributed by atoms with Crippen LogP contribution in [0.2, 0.25) is 0 Å². The summed E-state index contributed by atoms with van der Waals surface area (Å²) >= 11 is 0. The summed E-state index contributed by atoms with van der Waals surface area (Å²) < 4.78 is 43.7. The summed E-state index contributed by atoms with van der Waals surface area (Å²) in [7, 11) is 3.91. The molecule has 0 bridgehead atoms. The Morgan fingerprint density at radius 2 is 1.45 bits per heavy atom. The lowest BCUT2D eigenvalue weighted by molar-refractivity contribution is -0.462. The highest BCUT2D eigenvalue weighted by Gasteiger charge is 2.63. The van der Waals surface area contributed by atoms with Gasteiger partial charge >= 0.3 is 17.9 Å². The molecule has 2 fully saturated rings. The average Bonchev–Trinajstić information content (AvgIpc) is 2.78. The van der Waals surface area contributed by atoms with Crippen LogP contribution in [-0.2, 0) is 52.3 Å². The van der Waals surface area contributed by atoms with Crippen molar-refractivity contribution in [2.75, 3.05) is 34.5 Å². The molecule has 1 saturated heterocycles. The first-order valence-electron chi connectivity index (χ1n) is 10.7. The van der Waals surface area contributed by atoms with Crippen LogP contribution in [0.4, 0.5) is 0 Å².